The molecule has 4 rings (SSSR count). The molecule has 1 heterocycles. The number of anilines is 2. The number of para-hydroxylation sites is 1. The maximum atomic E-state index is 6.69. The molecular weight excluding hydrogens is 379 g/mol. The van der Waals surface area contributed by atoms with Crippen LogP contribution < -0.4 is 16.4 Å². The lowest BCUT2D eigenvalue weighted by atomic mass is 10.0. The second-order valence-corrected chi connectivity index (χ2v) is 7.44. The molecule has 0 fully saturated rings. The molecule has 0 saturated carbocycles. The molecule has 138 valence electrons. The van der Waals surface area contributed by atoms with Gasteiger partial charge in [-0.05, 0) is 42.0 Å². The first-order valence-electron chi connectivity index (χ1n) is 8.69. The molecule has 4 N–H and O–H groups in total. The smallest absolute Gasteiger partial charge is 0.141 e. The lowest BCUT2D eigenvalue weighted by molar-refractivity contribution is 0.121. The number of rotatable bonds is 3. The third-order valence-electron chi connectivity index (χ3n) is 4.84. The molecular formula is C21H20Cl2N4. The quantitative estimate of drug-likeness (QED) is 0.661. The molecule has 2 unspecified atom stereocenters. The number of hydrogen-bond donors (Lipinski definition) is 2. The van der Waals surface area contributed by atoms with Gasteiger partial charge in [-0.25, -0.2) is 4.90 Å². The first kappa shape index (κ1) is 18.3. The van der Waals surface area contributed by atoms with Crippen molar-refractivity contribution in [2.75, 3.05) is 4.90 Å². The Morgan fingerprint density at radius 2 is 1.56 bits per heavy atom. The van der Waals surface area contributed by atoms with Crippen LogP contribution in [0.1, 0.15) is 17.3 Å². The topological polar surface area (TPSA) is 58.5 Å². The van der Waals surface area contributed by atoms with Crippen LogP contribution >= 0.6 is 23.2 Å². The van der Waals surface area contributed by atoms with Crippen LogP contribution in [0, 0.1) is 0 Å². The van der Waals surface area contributed by atoms with Crippen molar-refractivity contribution in [1.29, 1.82) is 0 Å². The molecule has 6 heteroatoms. The first-order valence-corrected chi connectivity index (χ1v) is 9.45. The van der Waals surface area contributed by atoms with E-state index in [9.17, 15) is 0 Å². The molecule has 0 saturated heterocycles. The Morgan fingerprint density at radius 3 is 2.30 bits per heavy atom. The van der Waals surface area contributed by atoms with E-state index in [1.807, 2.05) is 72.8 Å². The molecule has 4 nitrogen and oxygen atoms in total. The zero-order valence-corrected chi connectivity index (χ0v) is 16.1. The Hall–Kier alpha value is -2.08. The van der Waals surface area contributed by atoms with E-state index in [1.54, 1.807) is 0 Å². The standard InChI is InChI=1S/C21H20Cl2N4/c22-15-10-8-14(9-11-15)13-26-20(24)18-6-1-2-7-19(18)27(21(26)25)17-5-3-4-16(23)12-17/h1-12,20-21H,13,24-25H2. The summed E-state index contributed by atoms with van der Waals surface area (Å²) >= 11 is 12.2. The number of nitrogens with zero attached hydrogens (tertiary/aromatic N) is 2. The van der Waals surface area contributed by atoms with Gasteiger partial charge in [-0.3, -0.25) is 5.73 Å². The Bertz CT molecular complexity index is 945. The van der Waals surface area contributed by atoms with E-state index < -0.39 is 6.29 Å². The summed E-state index contributed by atoms with van der Waals surface area (Å²) in [4.78, 5) is 4.13. The summed E-state index contributed by atoms with van der Waals surface area (Å²) in [7, 11) is 0. The van der Waals surface area contributed by atoms with Crippen LogP contribution in [0.15, 0.2) is 72.8 Å². The highest BCUT2D eigenvalue weighted by atomic mass is 35.5. The largest absolute Gasteiger partial charge is 0.312 e. The van der Waals surface area contributed by atoms with Crippen LogP contribution in [0.3, 0.4) is 0 Å². The molecule has 1 aliphatic rings. The number of hydrogen-bond acceptors (Lipinski definition) is 4. The first-order chi connectivity index (χ1) is 13.0. The molecule has 0 aromatic heterocycles. The summed E-state index contributed by atoms with van der Waals surface area (Å²) in [6, 6.07) is 23.5. The monoisotopic (exact) mass is 398 g/mol. The number of benzene rings is 3. The van der Waals surface area contributed by atoms with E-state index in [2.05, 4.69) is 9.80 Å². The van der Waals surface area contributed by atoms with Crippen LogP contribution in [0.2, 0.25) is 10.0 Å². The Kier molecular flexibility index (Phi) is 5.08. The van der Waals surface area contributed by atoms with E-state index in [4.69, 9.17) is 34.7 Å². The zero-order chi connectivity index (χ0) is 19.0. The molecule has 1 aliphatic heterocycles. The fourth-order valence-electron chi connectivity index (χ4n) is 3.50. The molecule has 0 bridgehead atoms. The van der Waals surface area contributed by atoms with Crippen molar-refractivity contribution in [3.8, 4) is 0 Å². The number of nitrogens with two attached hydrogens (primary N) is 2. The molecule has 0 radical (unpaired) electrons. The maximum absolute atomic E-state index is 6.69. The minimum absolute atomic E-state index is 0.317. The second kappa shape index (κ2) is 7.50. The van der Waals surface area contributed by atoms with Gasteiger partial charge in [0, 0.05) is 33.5 Å². The second-order valence-electron chi connectivity index (χ2n) is 6.57. The summed E-state index contributed by atoms with van der Waals surface area (Å²) in [6.07, 6.45) is -0.758. The van der Waals surface area contributed by atoms with Crippen LogP contribution in [0.4, 0.5) is 11.4 Å². The summed E-state index contributed by atoms with van der Waals surface area (Å²) < 4.78 is 0. The van der Waals surface area contributed by atoms with Gasteiger partial charge in [0.05, 0.1) is 6.17 Å². The van der Waals surface area contributed by atoms with Crippen LogP contribution in [0.5, 0.6) is 0 Å². The van der Waals surface area contributed by atoms with Crippen molar-refractivity contribution in [2.24, 2.45) is 11.5 Å². The fraction of sp³-hybridized carbons (Fsp3) is 0.143. The van der Waals surface area contributed by atoms with Crippen molar-refractivity contribution < 1.29 is 0 Å². The van der Waals surface area contributed by atoms with Crippen LogP contribution in [0.25, 0.3) is 0 Å². The van der Waals surface area contributed by atoms with Gasteiger partial charge in [-0.1, -0.05) is 59.6 Å². The third-order valence-corrected chi connectivity index (χ3v) is 5.33. The van der Waals surface area contributed by atoms with Crippen LogP contribution in [-0.4, -0.2) is 11.2 Å². The lowest BCUT2D eigenvalue weighted by Crippen LogP contribution is -2.58. The average Bonchev–Trinajstić information content (AvgIpc) is 2.67. The lowest BCUT2D eigenvalue weighted by Gasteiger charge is -2.47. The van der Waals surface area contributed by atoms with Gasteiger partial charge >= 0.3 is 0 Å². The van der Waals surface area contributed by atoms with Crippen LogP contribution in [-0.2, 0) is 6.54 Å². The summed E-state index contributed by atoms with van der Waals surface area (Å²) in [5.74, 6) is 0. The van der Waals surface area contributed by atoms with Gasteiger partial charge in [-0.2, -0.15) is 0 Å². The summed E-state index contributed by atoms with van der Waals surface area (Å²) in [5.41, 5.74) is 17.3. The summed E-state index contributed by atoms with van der Waals surface area (Å²) in [6.45, 7) is 0.602. The van der Waals surface area contributed by atoms with Crippen molar-refractivity contribution >= 4 is 34.6 Å². The van der Waals surface area contributed by atoms with Gasteiger partial charge < -0.3 is 10.6 Å². The van der Waals surface area contributed by atoms with Gasteiger partial charge in [0.15, 0.2) is 0 Å². The molecule has 0 amide bonds. The summed E-state index contributed by atoms with van der Waals surface area (Å²) in [5, 5.41) is 1.37. The SMILES string of the molecule is NC1c2ccccc2N(c2cccc(Cl)c2)C(N)N1Cc1ccc(Cl)cc1. The normalized spacial score (nSPS) is 19.8. The number of halogens is 2. The van der Waals surface area contributed by atoms with E-state index in [-0.39, 0.29) is 6.17 Å². The third kappa shape index (κ3) is 3.55. The molecule has 2 atom stereocenters. The highest BCUT2D eigenvalue weighted by Crippen LogP contribution is 2.40. The Labute approximate surface area is 168 Å². The van der Waals surface area contributed by atoms with Gasteiger partial charge in [-0.15, -0.1) is 0 Å². The average molecular weight is 399 g/mol. The minimum Gasteiger partial charge on any atom is -0.312 e. The molecule has 0 aliphatic carbocycles. The highest BCUT2D eigenvalue weighted by Gasteiger charge is 2.36. The molecule has 3 aromatic rings. The van der Waals surface area contributed by atoms with Gasteiger partial charge in [0.2, 0.25) is 0 Å². The predicted octanol–water partition coefficient (Wildman–Crippen LogP) is 4.85. The molecule has 3 aromatic carbocycles. The van der Waals surface area contributed by atoms with Crippen molar-refractivity contribution in [2.45, 2.75) is 19.0 Å². The molecule has 0 spiro atoms. The minimum atomic E-state index is -0.441. The Morgan fingerprint density at radius 1 is 0.815 bits per heavy atom. The zero-order valence-electron chi connectivity index (χ0n) is 14.6. The van der Waals surface area contributed by atoms with E-state index >= 15 is 0 Å². The number of fused-ring (bicyclic) bond motifs is 1. The van der Waals surface area contributed by atoms with Crippen molar-refractivity contribution in [3.05, 3.63) is 94.0 Å². The van der Waals surface area contributed by atoms with E-state index in [0.717, 1.165) is 22.5 Å². The highest BCUT2D eigenvalue weighted by molar-refractivity contribution is 6.31. The molecule has 27 heavy (non-hydrogen) atoms. The Balaban J connectivity index is 1.77. The van der Waals surface area contributed by atoms with Crippen molar-refractivity contribution in [3.63, 3.8) is 0 Å². The van der Waals surface area contributed by atoms with Gasteiger partial charge in [0.1, 0.15) is 6.29 Å². The van der Waals surface area contributed by atoms with Crippen molar-refractivity contribution in [1.82, 2.24) is 4.90 Å². The van der Waals surface area contributed by atoms with E-state index in [1.165, 1.54) is 0 Å². The van der Waals surface area contributed by atoms with E-state index in [0.29, 0.717) is 16.6 Å². The predicted molar refractivity (Wildman–Crippen MR) is 112 cm³/mol. The fourth-order valence-corrected chi connectivity index (χ4v) is 3.81. The maximum Gasteiger partial charge on any atom is 0.141 e. The van der Waals surface area contributed by atoms with Gasteiger partial charge in [0.25, 0.3) is 0 Å².